The molecule has 0 heterocycles. The third kappa shape index (κ3) is 27.9. The quantitative estimate of drug-likeness (QED) is 0.0211. The number of rotatable bonds is 40. The van der Waals surface area contributed by atoms with Crippen LogP contribution in [0.25, 0.3) is 0 Å². The summed E-state index contributed by atoms with van der Waals surface area (Å²) in [6, 6.07) is -1.15. The first kappa shape index (κ1) is 56.3. The molecule has 0 aromatic rings. The van der Waals surface area contributed by atoms with Crippen molar-refractivity contribution < 1.29 is 59.0 Å². The molecular weight excluding hydrogens is 777 g/mol. The molecule has 0 spiro atoms. The number of nitrogens with one attached hydrogen (secondary N) is 1. The van der Waals surface area contributed by atoms with E-state index in [2.05, 4.69) is 19.2 Å². The van der Waals surface area contributed by atoms with Crippen LogP contribution >= 0.6 is 7.82 Å². The zero-order chi connectivity index (χ0) is 43.7. The second-order valence-electron chi connectivity index (χ2n) is 17.5. The average molecular weight is 868 g/mol. The monoisotopic (exact) mass is 868 g/mol. The van der Waals surface area contributed by atoms with Gasteiger partial charge in [0.2, 0.25) is 5.91 Å². The van der Waals surface area contributed by atoms with Gasteiger partial charge in [0.1, 0.15) is 36.6 Å². The molecule has 0 aliphatic heterocycles. The number of hydrogen-bond acceptors (Lipinski definition) is 11. The van der Waals surface area contributed by atoms with Crippen molar-refractivity contribution in [2.45, 2.75) is 274 Å². The smallest absolute Gasteiger partial charge is 0.393 e. The van der Waals surface area contributed by atoms with Crippen LogP contribution < -0.4 is 5.32 Å². The van der Waals surface area contributed by atoms with Crippen LogP contribution in [0.4, 0.5) is 0 Å². The number of carbonyl (C=O) groups excluding carboxylic acids is 1. The molecule has 352 valence electrons. The fraction of sp³-hybridized carbons (Fsp3) is 0.978. The summed E-state index contributed by atoms with van der Waals surface area (Å²) in [5, 5.41) is 74.5. The van der Waals surface area contributed by atoms with E-state index in [-0.39, 0.29) is 12.8 Å². The molecule has 1 amide bonds. The van der Waals surface area contributed by atoms with Crippen molar-refractivity contribution in [1.82, 2.24) is 5.32 Å². The molecule has 0 aromatic carbocycles. The normalized spacial score (nSPS) is 23.5. The Morgan fingerprint density at radius 1 is 0.525 bits per heavy atom. The summed E-state index contributed by atoms with van der Waals surface area (Å²) in [6.45, 7) is 3.77. The lowest BCUT2D eigenvalue weighted by Gasteiger charge is -2.41. The fourth-order valence-corrected chi connectivity index (χ4v) is 8.98. The summed E-state index contributed by atoms with van der Waals surface area (Å²) in [7, 11) is -5.11. The van der Waals surface area contributed by atoms with E-state index in [1.54, 1.807) is 0 Å². The van der Waals surface area contributed by atoms with Crippen LogP contribution in [0.1, 0.15) is 219 Å². The van der Waals surface area contributed by atoms with Gasteiger partial charge in [-0.2, -0.15) is 0 Å². The summed E-state index contributed by atoms with van der Waals surface area (Å²) in [4.78, 5) is 23.4. The SMILES string of the molecule is CCCCCCCCCCCCCCCCCCCCCCCC(O)C(COP(=O)(O)OC1C(O)C(O)C(O)C(O)C1O)NC(=O)CC(O)CCCCCCCCCC. The van der Waals surface area contributed by atoms with E-state index in [0.717, 1.165) is 51.4 Å². The third-order valence-electron chi connectivity index (χ3n) is 12.0. The Labute approximate surface area is 358 Å². The number of aliphatic hydroxyl groups is 7. The van der Waals surface area contributed by atoms with Crippen molar-refractivity contribution in [3.05, 3.63) is 0 Å². The molecule has 1 aliphatic rings. The summed E-state index contributed by atoms with van der Waals surface area (Å²) >= 11 is 0. The largest absolute Gasteiger partial charge is 0.472 e. The number of hydrogen-bond donors (Lipinski definition) is 9. The van der Waals surface area contributed by atoms with Crippen molar-refractivity contribution in [1.29, 1.82) is 0 Å². The Balaban J connectivity index is 2.43. The highest BCUT2D eigenvalue weighted by Gasteiger charge is 2.51. The fourth-order valence-electron chi connectivity index (χ4n) is 8.01. The lowest BCUT2D eigenvalue weighted by Crippen LogP contribution is -2.64. The number of phosphoric acid groups is 1. The lowest BCUT2D eigenvalue weighted by molar-refractivity contribution is -0.220. The van der Waals surface area contributed by atoms with Crippen LogP contribution in [0.3, 0.4) is 0 Å². The van der Waals surface area contributed by atoms with E-state index in [9.17, 15) is 50.0 Å². The van der Waals surface area contributed by atoms with Crippen LogP contribution in [0.2, 0.25) is 0 Å². The molecule has 14 heteroatoms. The van der Waals surface area contributed by atoms with Gasteiger partial charge in [-0.05, 0) is 12.8 Å². The Hall–Kier alpha value is -0.700. The maximum Gasteiger partial charge on any atom is 0.472 e. The van der Waals surface area contributed by atoms with E-state index in [1.807, 2.05) is 0 Å². The van der Waals surface area contributed by atoms with E-state index in [4.69, 9.17) is 9.05 Å². The van der Waals surface area contributed by atoms with Gasteiger partial charge in [0, 0.05) is 0 Å². The Kier molecular flexibility index (Phi) is 34.1. The van der Waals surface area contributed by atoms with E-state index in [1.165, 1.54) is 128 Å². The second kappa shape index (κ2) is 35.7. The van der Waals surface area contributed by atoms with E-state index < -0.39 is 75.2 Å². The number of aliphatic hydroxyl groups excluding tert-OH is 7. The maximum atomic E-state index is 13.0. The van der Waals surface area contributed by atoms with Crippen molar-refractivity contribution in [3.63, 3.8) is 0 Å². The summed E-state index contributed by atoms with van der Waals surface area (Å²) in [5.41, 5.74) is 0. The third-order valence-corrected chi connectivity index (χ3v) is 13.0. The predicted octanol–water partition coefficient (Wildman–Crippen LogP) is 8.04. The Bertz CT molecular complexity index is 1030. The Morgan fingerprint density at radius 3 is 1.22 bits per heavy atom. The minimum Gasteiger partial charge on any atom is -0.393 e. The molecule has 9 N–H and O–H groups in total. The average Bonchev–Trinajstić information content (AvgIpc) is 3.21. The van der Waals surface area contributed by atoms with Crippen LogP contribution in [0, 0.1) is 0 Å². The highest BCUT2D eigenvalue weighted by molar-refractivity contribution is 7.47. The van der Waals surface area contributed by atoms with Crippen molar-refractivity contribution in [2.24, 2.45) is 0 Å². The van der Waals surface area contributed by atoms with E-state index >= 15 is 0 Å². The standard InChI is InChI=1S/C45H90NO12P/c1-3-5-7-9-11-13-14-15-16-17-18-19-20-21-22-23-24-25-27-29-31-33-38(48)37(46-39(49)34-36(47)32-30-28-26-12-10-8-6-4-2)35-57-59(55,56)58-45-43(53)41(51)40(50)42(52)44(45)54/h36-38,40-45,47-48,50-54H,3-35H2,1-2H3,(H,46,49)(H,55,56). The molecule has 1 saturated carbocycles. The Morgan fingerprint density at radius 2 is 0.847 bits per heavy atom. The first-order valence-corrected chi connectivity index (χ1v) is 25.6. The number of unbranched alkanes of at least 4 members (excludes halogenated alkanes) is 27. The van der Waals surface area contributed by atoms with Crippen LogP contribution in [-0.2, 0) is 18.4 Å². The highest BCUT2D eigenvalue weighted by Crippen LogP contribution is 2.47. The maximum absolute atomic E-state index is 13.0. The molecule has 13 nitrogen and oxygen atoms in total. The molecule has 1 aliphatic carbocycles. The van der Waals surface area contributed by atoms with Crippen molar-refractivity contribution in [3.8, 4) is 0 Å². The summed E-state index contributed by atoms with van der Waals surface area (Å²) < 4.78 is 22.9. The first-order chi connectivity index (χ1) is 28.3. The summed E-state index contributed by atoms with van der Waals surface area (Å²) in [5.74, 6) is -0.560. The topological polar surface area (TPSA) is 226 Å². The van der Waals surface area contributed by atoms with Gasteiger partial charge >= 0.3 is 7.82 Å². The molecular formula is C45H90NO12P. The lowest BCUT2D eigenvalue weighted by atomic mass is 9.85. The molecule has 0 aromatic heterocycles. The molecule has 0 saturated heterocycles. The first-order valence-electron chi connectivity index (χ1n) is 24.1. The van der Waals surface area contributed by atoms with Gasteiger partial charge in [0.15, 0.2) is 0 Å². The van der Waals surface area contributed by atoms with Gasteiger partial charge < -0.3 is 46.0 Å². The molecule has 0 bridgehead atoms. The number of carbonyl (C=O) groups is 1. The molecule has 0 radical (unpaired) electrons. The van der Waals surface area contributed by atoms with Crippen LogP contribution in [0.15, 0.2) is 0 Å². The van der Waals surface area contributed by atoms with Gasteiger partial charge in [0.25, 0.3) is 0 Å². The van der Waals surface area contributed by atoms with Gasteiger partial charge in [-0.15, -0.1) is 0 Å². The molecule has 1 rings (SSSR count). The minimum atomic E-state index is -5.11. The number of amides is 1. The molecule has 8 atom stereocenters. The van der Waals surface area contributed by atoms with Gasteiger partial charge in [-0.25, -0.2) is 4.57 Å². The summed E-state index contributed by atoms with van der Waals surface area (Å²) in [6.07, 6.45) is 21.7. The zero-order valence-electron chi connectivity index (χ0n) is 37.2. The molecule has 1 fully saturated rings. The highest BCUT2D eigenvalue weighted by atomic mass is 31.2. The molecule has 59 heavy (non-hydrogen) atoms. The van der Waals surface area contributed by atoms with E-state index in [0.29, 0.717) is 12.8 Å². The zero-order valence-corrected chi connectivity index (χ0v) is 38.1. The van der Waals surface area contributed by atoms with Gasteiger partial charge in [0.05, 0.1) is 31.3 Å². The van der Waals surface area contributed by atoms with Crippen LogP contribution in [0.5, 0.6) is 0 Å². The second-order valence-corrected chi connectivity index (χ2v) is 18.9. The number of phosphoric ester groups is 1. The van der Waals surface area contributed by atoms with Crippen molar-refractivity contribution in [2.75, 3.05) is 6.61 Å². The van der Waals surface area contributed by atoms with Gasteiger partial charge in [-0.1, -0.05) is 200 Å². The minimum absolute atomic E-state index is 0.217. The molecule has 8 unspecified atom stereocenters. The van der Waals surface area contributed by atoms with Crippen molar-refractivity contribution >= 4 is 13.7 Å². The van der Waals surface area contributed by atoms with Gasteiger partial charge in [-0.3, -0.25) is 13.8 Å². The van der Waals surface area contributed by atoms with Crippen LogP contribution in [-0.4, -0.2) is 108 Å². The predicted molar refractivity (Wildman–Crippen MR) is 234 cm³/mol.